The first-order valence-electron chi connectivity index (χ1n) is 7.16. The number of carbonyl (C=O) groups excluding carboxylic acids is 1. The lowest BCUT2D eigenvalue weighted by Gasteiger charge is -2.07. The molecule has 2 aromatic carbocycles. The van der Waals surface area contributed by atoms with Crippen LogP contribution in [0.4, 0.5) is 5.82 Å². The van der Waals surface area contributed by atoms with Gasteiger partial charge < -0.3 is 10.4 Å². The lowest BCUT2D eigenvalue weighted by atomic mass is 10.1. The Bertz CT molecular complexity index is 878. The van der Waals surface area contributed by atoms with Crippen LogP contribution in [0.1, 0.15) is 20.7 Å². The number of carbonyl (C=O) groups is 2. The van der Waals surface area contributed by atoms with Crippen molar-refractivity contribution in [1.29, 1.82) is 0 Å². The highest BCUT2D eigenvalue weighted by Gasteiger charge is 2.16. The Morgan fingerprint density at radius 3 is 2.12 bits per heavy atom. The molecule has 0 bridgehead atoms. The Morgan fingerprint density at radius 1 is 0.833 bits per heavy atom. The van der Waals surface area contributed by atoms with Crippen molar-refractivity contribution in [3.05, 3.63) is 78.1 Å². The van der Waals surface area contributed by atoms with E-state index in [1.807, 2.05) is 30.3 Å². The average molecular weight is 319 g/mol. The molecule has 0 saturated heterocycles. The molecule has 0 aliphatic heterocycles. The summed E-state index contributed by atoms with van der Waals surface area (Å²) >= 11 is 0. The number of hydrogen-bond donors (Lipinski definition) is 2. The van der Waals surface area contributed by atoms with Gasteiger partial charge >= 0.3 is 5.97 Å². The summed E-state index contributed by atoms with van der Waals surface area (Å²) in [5, 5.41) is 11.7. The van der Waals surface area contributed by atoms with E-state index in [0.29, 0.717) is 5.69 Å². The Morgan fingerprint density at radius 2 is 1.50 bits per heavy atom. The molecule has 0 spiro atoms. The number of carboxylic acid groups (broad SMARTS) is 1. The average Bonchev–Trinajstić information content (AvgIpc) is 2.63. The number of aromatic carboxylic acids is 1. The number of nitrogens with one attached hydrogen (secondary N) is 1. The highest BCUT2D eigenvalue weighted by molar-refractivity contribution is 6.10. The van der Waals surface area contributed by atoms with Crippen molar-refractivity contribution >= 4 is 17.7 Å². The number of amides is 1. The van der Waals surface area contributed by atoms with Crippen LogP contribution in [0.15, 0.2) is 67.0 Å². The van der Waals surface area contributed by atoms with Gasteiger partial charge in [-0.2, -0.15) is 0 Å². The Hall–Kier alpha value is -3.54. The second-order valence-electron chi connectivity index (χ2n) is 4.96. The summed E-state index contributed by atoms with van der Waals surface area (Å²) in [5.74, 6) is -1.46. The van der Waals surface area contributed by atoms with Gasteiger partial charge in [0.15, 0.2) is 5.82 Å². The van der Waals surface area contributed by atoms with Crippen LogP contribution in [0.5, 0.6) is 0 Å². The lowest BCUT2D eigenvalue weighted by molar-refractivity contribution is 0.0692. The fourth-order valence-corrected chi connectivity index (χ4v) is 2.20. The van der Waals surface area contributed by atoms with Crippen molar-refractivity contribution in [2.75, 3.05) is 5.32 Å². The van der Waals surface area contributed by atoms with Crippen molar-refractivity contribution < 1.29 is 14.7 Å². The van der Waals surface area contributed by atoms with Crippen LogP contribution in [0.25, 0.3) is 11.3 Å². The first kappa shape index (κ1) is 15.4. The Labute approximate surface area is 137 Å². The summed E-state index contributed by atoms with van der Waals surface area (Å²) in [7, 11) is 0. The van der Waals surface area contributed by atoms with Crippen molar-refractivity contribution in [3.8, 4) is 11.3 Å². The summed E-state index contributed by atoms with van der Waals surface area (Å²) in [6, 6.07) is 15.5. The van der Waals surface area contributed by atoms with Gasteiger partial charge in [0.25, 0.3) is 5.91 Å². The normalized spacial score (nSPS) is 10.2. The third-order valence-electron chi connectivity index (χ3n) is 3.37. The third kappa shape index (κ3) is 3.27. The number of anilines is 1. The minimum atomic E-state index is -1.16. The Balaban J connectivity index is 1.80. The molecule has 24 heavy (non-hydrogen) atoms. The van der Waals surface area contributed by atoms with E-state index >= 15 is 0 Å². The predicted octanol–water partition coefficient (Wildman–Crippen LogP) is 3.09. The van der Waals surface area contributed by atoms with Gasteiger partial charge in [-0.05, 0) is 12.1 Å². The van der Waals surface area contributed by atoms with Gasteiger partial charge in [0.2, 0.25) is 0 Å². The molecular formula is C18H13N3O3. The molecule has 0 unspecified atom stereocenters. The standard InChI is InChI=1S/C18H13N3O3/c22-17(13-8-4-5-9-14(13)18(23)24)21-16-11-19-15(10-20-16)12-6-2-1-3-7-12/h1-11H,(H,23,24)(H,20,21,22). The molecule has 1 amide bonds. The minimum Gasteiger partial charge on any atom is -0.478 e. The lowest BCUT2D eigenvalue weighted by Crippen LogP contribution is -2.17. The molecule has 0 atom stereocenters. The SMILES string of the molecule is O=C(O)c1ccccc1C(=O)Nc1cnc(-c2ccccc2)cn1. The van der Waals surface area contributed by atoms with Crippen LogP contribution in [-0.4, -0.2) is 27.0 Å². The fraction of sp³-hybridized carbons (Fsp3) is 0. The second-order valence-corrected chi connectivity index (χ2v) is 4.96. The van der Waals surface area contributed by atoms with Crippen molar-refractivity contribution in [3.63, 3.8) is 0 Å². The number of nitrogens with zero attached hydrogens (tertiary/aromatic N) is 2. The van der Waals surface area contributed by atoms with E-state index in [0.717, 1.165) is 5.56 Å². The van der Waals surface area contributed by atoms with Crippen LogP contribution >= 0.6 is 0 Å². The molecule has 3 rings (SSSR count). The number of hydrogen-bond acceptors (Lipinski definition) is 4. The zero-order valence-corrected chi connectivity index (χ0v) is 12.5. The molecule has 0 aliphatic rings. The summed E-state index contributed by atoms with van der Waals surface area (Å²) in [6.45, 7) is 0. The number of benzene rings is 2. The molecule has 0 radical (unpaired) electrons. The van der Waals surface area contributed by atoms with E-state index in [9.17, 15) is 9.59 Å². The maximum absolute atomic E-state index is 12.3. The zero-order valence-electron chi connectivity index (χ0n) is 12.5. The molecule has 118 valence electrons. The first-order chi connectivity index (χ1) is 11.6. The maximum Gasteiger partial charge on any atom is 0.336 e. The fourth-order valence-electron chi connectivity index (χ4n) is 2.20. The van der Waals surface area contributed by atoms with Crippen molar-refractivity contribution in [1.82, 2.24) is 9.97 Å². The summed E-state index contributed by atoms with van der Waals surface area (Å²) in [5.41, 5.74) is 1.60. The first-order valence-corrected chi connectivity index (χ1v) is 7.16. The van der Waals surface area contributed by atoms with Crippen molar-refractivity contribution in [2.45, 2.75) is 0 Å². The van der Waals surface area contributed by atoms with Crippen LogP contribution in [0, 0.1) is 0 Å². The summed E-state index contributed by atoms with van der Waals surface area (Å²) in [6.07, 6.45) is 2.98. The summed E-state index contributed by atoms with van der Waals surface area (Å²) in [4.78, 5) is 31.8. The number of rotatable bonds is 4. The number of aromatic nitrogens is 2. The van der Waals surface area contributed by atoms with E-state index < -0.39 is 11.9 Å². The topological polar surface area (TPSA) is 92.2 Å². The van der Waals surface area contributed by atoms with Crippen LogP contribution in [-0.2, 0) is 0 Å². The molecule has 1 heterocycles. The van der Waals surface area contributed by atoms with Gasteiger partial charge in [0.05, 0.1) is 29.2 Å². The van der Waals surface area contributed by atoms with Gasteiger partial charge in [-0.25, -0.2) is 9.78 Å². The third-order valence-corrected chi connectivity index (χ3v) is 3.37. The molecule has 3 aromatic rings. The monoisotopic (exact) mass is 319 g/mol. The van der Waals surface area contributed by atoms with Crippen molar-refractivity contribution in [2.24, 2.45) is 0 Å². The minimum absolute atomic E-state index is 0.0659. The van der Waals surface area contributed by atoms with Crippen LogP contribution in [0.3, 0.4) is 0 Å². The van der Waals surface area contributed by atoms with E-state index in [-0.39, 0.29) is 16.9 Å². The molecule has 1 aromatic heterocycles. The van der Waals surface area contributed by atoms with Crippen LogP contribution in [0.2, 0.25) is 0 Å². The smallest absolute Gasteiger partial charge is 0.336 e. The van der Waals surface area contributed by atoms with E-state index in [1.165, 1.54) is 18.3 Å². The molecular weight excluding hydrogens is 306 g/mol. The molecule has 2 N–H and O–H groups in total. The highest BCUT2D eigenvalue weighted by atomic mass is 16.4. The van der Waals surface area contributed by atoms with Crippen LogP contribution < -0.4 is 5.32 Å². The highest BCUT2D eigenvalue weighted by Crippen LogP contribution is 2.16. The summed E-state index contributed by atoms with van der Waals surface area (Å²) < 4.78 is 0. The van der Waals surface area contributed by atoms with E-state index in [4.69, 9.17) is 5.11 Å². The molecule has 0 saturated carbocycles. The largest absolute Gasteiger partial charge is 0.478 e. The zero-order chi connectivity index (χ0) is 16.9. The van der Waals surface area contributed by atoms with Gasteiger partial charge in [-0.15, -0.1) is 0 Å². The quantitative estimate of drug-likeness (QED) is 0.771. The molecule has 0 aliphatic carbocycles. The Kier molecular flexibility index (Phi) is 4.29. The number of carboxylic acids is 1. The van der Waals surface area contributed by atoms with Gasteiger partial charge in [0, 0.05) is 5.56 Å². The van der Waals surface area contributed by atoms with E-state index in [2.05, 4.69) is 15.3 Å². The molecule has 0 fully saturated rings. The predicted molar refractivity (Wildman–Crippen MR) is 88.8 cm³/mol. The van der Waals surface area contributed by atoms with E-state index in [1.54, 1.807) is 18.3 Å². The van der Waals surface area contributed by atoms with Gasteiger partial charge in [-0.1, -0.05) is 42.5 Å². The van der Waals surface area contributed by atoms with Gasteiger partial charge in [-0.3, -0.25) is 9.78 Å². The second kappa shape index (κ2) is 6.70. The molecule has 6 heteroatoms. The molecule has 6 nitrogen and oxygen atoms in total. The maximum atomic E-state index is 12.3. The van der Waals surface area contributed by atoms with Gasteiger partial charge in [0.1, 0.15) is 0 Å².